The average molecular weight is 197 g/mol. The van der Waals surface area contributed by atoms with Gasteiger partial charge in [0.1, 0.15) is 0 Å². The number of unbranched alkanes of at least 4 members (excludes halogenated alkanes) is 1. The standard InChI is InChI=1S/C8H14ClFO2/c1-8(9,10)6-4-3-5-7(11)12-2/h3-6H2,1-2H3. The highest BCUT2D eigenvalue weighted by molar-refractivity contribution is 6.22. The number of ether oxygens (including phenoxy) is 1. The first-order chi connectivity index (χ1) is 5.45. The topological polar surface area (TPSA) is 26.3 Å². The lowest BCUT2D eigenvalue weighted by atomic mass is 10.1. The summed E-state index contributed by atoms with van der Waals surface area (Å²) in [6.07, 6.45) is 1.83. The highest BCUT2D eigenvalue weighted by Gasteiger charge is 2.17. The zero-order valence-electron chi connectivity index (χ0n) is 7.40. The predicted octanol–water partition coefficient (Wildman–Crippen LogP) is 2.64. The Kier molecular flexibility index (Phi) is 5.22. The van der Waals surface area contributed by atoms with Gasteiger partial charge in [-0.2, -0.15) is 0 Å². The molecular formula is C8H14ClFO2. The quantitative estimate of drug-likeness (QED) is 0.384. The summed E-state index contributed by atoms with van der Waals surface area (Å²) in [5.41, 5.74) is 0. The minimum absolute atomic E-state index is 0.259. The molecule has 0 bridgehead atoms. The first-order valence-electron chi connectivity index (χ1n) is 3.90. The predicted molar refractivity (Wildman–Crippen MR) is 45.9 cm³/mol. The Balaban J connectivity index is 3.28. The van der Waals surface area contributed by atoms with E-state index in [-0.39, 0.29) is 12.4 Å². The van der Waals surface area contributed by atoms with E-state index in [1.165, 1.54) is 14.0 Å². The van der Waals surface area contributed by atoms with Gasteiger partial charge >= 0.3 is 5.97 Å². The fourth-order valence-corrected chi connectivity index (χ4v) is 0.940. The van der Waals surface area contributed by atoms with Crippen LogP contribution in [0, 0.1) is 0 Å². The molecule has 0 fully saturated rings. The van der Waals surface area contributed by atoms with Crippen LogP contribution >= 0.6 is 11.6 Å². The molecule has 0 N–H and O–H groups in total. The number of halogens is 2. The van der Waals surface area contributed by atoms with Crippen molar-refractivity contribution in [3.63, 3.8) is 0 Å². The van der Waals surface area contributed by atoms with Crippen LogP contribution in [0.3, 0.4) is 0 Å². The Morgan fingerprint density at radius 1 is 1.58 bits per heavy atom. The zero-order valence-corrected chi connectivity index (χ0v) is 8.16. The molecule has 0 aromatic heterocycles. The van der Waals surface area contributed by atoms with Crippen LogP contribution in [0.2, 0.25) is 0 Å². The van der Waals surface area contributed by atoms with Crippen molar-refractivity contribution in [3.05, 3.63) is 0 Å². The third-order valence-corrected chi connectivity index (χ3v) is 1.66. The van der Waals surface area contributed by atoms with Gasteiger partial charge in [0.2, 0.25) is 0 Å². The molecular weight excluding hydrogens is 183 g/mol. The van der Waals surface area contributed by atoms with Gasteiger partial charge in [-0.1, -0.05) is 11.6 Å². The Morgan fingerprint density at radius 2 is 2.17 bits per heavy atom. The largest absolute Gasteiger partial charge is 0.469 e. The molecule has 0 saturated carbocycles. The first kappa shape index (κ1) is 11.7. The zero-order chi connectivity index (χ0) is 9.61. The number of methoxy groups -OCH3 is 1. The van der Waals surface area contributed by atoms with Gasteiger partial charge in [0.05, 0.1) is 7.11 Å². The van der Waals surface area contributed by atoms with Crippen molar-refractivity contribution in [2.24, 2.45) is 0 Å². The van der Waals surface area contributed by atoms with Crippen LogP contribution in [0.1, 0.15) is 32.6 Å². The summed E-state index contributed by atoms with van der Waals surface area (Å²) in [7, 11) is 1.34. The van der Waals surface area contributed by atoms with Crippen molar-refractivity contribution in [2.75, 3.05) is 7.11 Å². The Bertz CT molecular complexity index is 142. The molecule has 12 heavy (non-hydrogen) atoms. The number of hydrogen-bond donors (Lipinski definition) is 0. The van der Waals surface area contributed by atoms with Gasteiger partial charge < -0.3 is 4.74 Å². The number of rotatable bonds is 5. The summed E-state index contributed by atoms with van der Waals surface area (Å²) in [5.74, 6) is -0.259. The van der Waals surface area contributed by atoms with Gasteiger partial charge in [0, 0.05) is 6.42 Å². The molecule has 2 nitrogen and oxygen atoms in total. The van der Waals surface area contributed by atoms with E-state index < -0.39 is 5.13 Å². The minimum atomic E-state index is -1.64. The van der Waals surface area contributed by atoms with E-state index >= 15 is 0 Å². The van der Waals surface area contributed by atoms with Crippen LogP contribution in [-0.4, -0.2) is 18.2 Å². The molecule has 1 atom stereocenters. The van der Waals surface area contributed by atoms with E-state index in [0.717, 1.165) is 0 Å². The van der Waals surface area contributed by atoms with Crippen molar-refractivity contribution in [2.45, 2.75) is 37.7 Å². The molecule has 72 valence electrons. The fourth-order valence-electron chi connectivity index (χ4n) is 0.807. The Labute approximate surface area is 77.0 Å². The van der Waals surface area contributed by atoms with Gasteiger partial charge in [0.25, 0.3) is 0 Å². The van der Waals surface area contributed by atoms with E-state index in [9.17, 15) is 9.18 Å². The molecule has 0 aliphatic carbocycles. The molecule has 0 aliphatic rings. The van der Waals surface area contributed by atoms with Gasteiger partial charge in [0.15, 0.2) is 5.13 Å². The van der Waals surface area contributed by atoms with Crippen LogP contribution in [0.5, 0.6) is 0 Å². The monoisotopic (exact) mass is 196 g/mol. The maximum Gasteiger partial charge on any atom is 0.305 e. The average Bonchev–Trinajstić information content (AvgIpc) is 1.96. The molecule has 0 aromatic carbocycles. The maximum absolute atomic E-state index is 12.6. The van der Waals surface area contributed by atoms with Gasteiger partial charge in [-0.15, -0.1) is 0 Å². The molecule has 0 rings (SSSR count). The lowest BCUT2D eigenvalue weighted by Crippen LogP contribution is -2.07. The van der Waals surface area contributed by atoms with E-state index in [2.05, 4.69) is 4.74 Å². The number of hydrogen-bond acceptors (Lipinski definition) is 2. The SMILES string of the molecule is COC(=O)CCCCC(C)(F)Cl. The van der Waals surface area contributed by atoms with Gasteiger partial charge in [-0.3, -0.25) is 4.79 Å². The molecule has 0 amide bonds. The third-order valence-electron chi connectivity index (χ3n) is 1.47. The van der Waals surface area contributed by atoms with Crippen LogP contribution < -0.4 is 0 Å². The lowest BCUT2D eigenvalue weighted by Gasteiger charge is -2.09. The summed E-state index contributed by atoms with van der Waals surface area (Å²) >= 11 is 5.30. The summed E-state index contributed by atoms with van der Waals surface area (Å²) in [5, 5.41) is -1.64. The molecule has 0 aliphatic heterocycles. The number of carbonyl (C=O) groups excluding carboxylic acids is 1. The maximum atomic E-state index is 12.6. The summed E-state index contributed by atoms with van der Waals surface area (Å²) in [6, 6.07) is 0. The van der Waals surface area contributed by atoms with Gasteiger partial charge in [-0.25, -0.2) is 4.39 Å². The molecule has 1 unspecified atom stereocenters. The van der Waals surface area contributed by atoms with E-state index in [4.69, 9.17) is 11.6 Å². The van der Waals surface area contributed by atoms with Crippen LogP contribution in [0.4, 0.5) is 4.39 Å². The second-order valence-electron chi connectivity index (χ2n) is 2.85. The van der Waals surface area contributed by atoms with Crippen LogP contribution in [0.15, 0.2) is 0 Å². The van der Waals surface area contributed by atoms with Crippen molar-refractivity contribution < 1.29 is 13.9 Å². The molecule has 0 aromatic rings. The second kappa shape index (κ2) is 5.36. The fraction of sp³-hybridized carbons (Fsp3) is 0.875. The highest BCUT2D eigenvalue weighted by atomic mass is 35.5. The van der Waals surface area contributed by atoms with E-state index in [1.54, 1.807) is 0 Å². The molecule has 0 heterocycles. The van der Waals surface area contributed by atoms with Crippen molar-refractivity contribution in [1.29, 1.82) is 0 Å². The Morgan fingerprint density at radius 3 is 2.58 bits per heavy atom. The van der Waals surface area contributed by atoms with E-state index in [1.807, 2.05) is 0 Å². The summed E-state index contributed by atoms with van der Waals surface area (Å²) < 4.78 is 17.1. The smallest absolute Gasteiger partial charge is 0.305 e. The van der Waals surface area contributed by atoms with Crippen molar-refractivity contribution in [3.8, 4) is 0 Å². The second-order valence-corrected chi connectivity index (χ2v) is 3.64. The normalized spacial score (nSPS) is 15.3. The van der Waals surface area contributed by atoms with Crippen LogP contribution in [0.25, 0.3) is 0 Å². The molecule has 0 saturated heterocycles. The van der Waals surface area contributed by atoms with E-state index in [0.29, 0.717) is 19.3 Å². The third kappa shape index (κ3) is 7.79. The van der Waals surface area contributed by atoms with Crippen molar-refractivity contribution in [1.82, 2.24) is 0 Å². The van der Waals surface area contributed by atoms with Crippen molar-refractivity contribution >= 4 is 17.6 Å². The number of alkyl halides is 2. The highest BCUT2D eigenvalue weighted by Crippen LogP contribution is 2.23. The first-order valence-corrected chi connectivity index (χ1v) is 4.28. The Hall–Kier alpha value is -0.310. The molecule has 4 heteroatoms. The summed E-state index contributed by atoms with van der Waals surface area (Å²) in [4.78, 5) is 10.6. The van der Waals surface area contributed by atoms with Gasteiger partial charge in [-0.05, 0) is 26.2 Å². The summed E-state index contributed by atoms with van der Waals surface area (Å²) in [6.45, 7) is 1.31. The number of esters is 1. The van der Waals surface area contributed by atoms with Crippen LogP contribution in [-0.2, 0) is 9.53 Å². The molecule has 0 radical (unpaired) electrons. The molecule has 0 spiro atoms. The number of carbonyl (C=O) groups is 1. The minimum Gasteiger partial charge on any atom is -0.469 e. The lowest BCUT2D eigenvalue weighted by molar-refractivity contribution is -0.140.